The van der Waals surface area contributed by atoms with Gasteiger partial charge in [-0.2, -0.15) is 0 Å². The van der Waals surface area contributed by atoms with Crippen molar-refractivity contribution in [3.05, 3.63) is 50.9 Å². The molecule has 1 aromatic carbocycles. The monoisotopic (exact) mass is 353 g/mol. The summed E-state index contributed by atoms with van der Waals surface area (Å²) < 4.78 is 3.53. The quantitative estimate of drug-likeness (QED) is 0.776. The number of aliphatic hydroxyl groups is 1. The van der Waals surface area contributed by atoms with E-state index in [0.29, 0.717) is 0 Å². The van der Waals surface area contributed by atoms with E-state index in [9.17, 15) is 5.11 Å². The minimum atomic E-state index is -0.280. The van der Waals surface area contributed by atoms with Crippen molar-refractivity contribution < 1.29 is 5.11 Å². The third-order valence-corrected chi connectivity index (χ3v) is 4.37. The summed E-state index contributed by atoms with van der Waals surface area (Å²) in [7, 11) is 0. The van der Waals surface area contributed by atoms with Crippen molar-refractivity contribution in [2.75, 3.05) is 0 Å². The lowest BCUT2D eigenvalue weighted by atomic mass is 9.95. The molecule has 0 radical (unpaired) electrons. The molecule has 2 nitrogen and oxygen atoms in total. The van der Waals surface area contributed by atoms with Gasteiger partial charge in [0.25, 0.3) is 0 Å². The molecule has 94 valence electrons. The summed E-state index contributed by atoms with van der Waals surface area (Å²) in [6, 6.07) is 10.7. The number of nitrogens with zero attached hydrogens (tertiary/aromatic N) is 1. The van der Waals surface area contributed by atoms with Crippen LogP contribution in [0.2, 0.25) is 0 Å². The molecule has 3 heteroatoms. The lowest BCUT2D eigenvalue weighted by Gasteiger charge is -2.20. The first kappa shape index (κ1) is 12.2. The summed E-state index contributed by atoms with van der Waals surface area (Å²) in [6.45, 7) is 2.11. The number of hydrogen-bond donors (Lipinski definition) is 1. The fourth-order valence-corrected chi connectivity index (χ4v) is 3.19. The fourth-order valence-electron chi connectivity index (χ4n) is 2.83. The number of aromatic nitrogens is 1. The Hall–Kier alpha value is -0.810. The lowest BCUT2D eigenvalue weighted by Crippen LogP contribution is -2.11. The van der Waals surface area contributed by atoms with Gasteiger partial charge in [0.15, 0.2) is 0 Å². The van der Waals surface area contributed by atoms with E-state index in [1.807, 2.05) is 0 Å². The summed E-state index contributed by atoms with van der Waals surface area (Å²) in [4.78, 5) is 0. The number of benzene rings is 1. The maximum atomic E-state index is 10.1. The smallest absolute Gasteiger partial charge is 0.0807 e. The largest absolute Gasteiger partial charge is 0.388 e. The first-order valence-electron chi connectivity index (χ1n) is 6.32. The SMILES string of the molecule is Cc1cc2c(n1-c1ccc(I)cc1)CCCC2O. The van der Waals surface area contributed by atoms with Crippen molar-refractivity contribution in [1.82, 2.24) is 4.57 Å². The van der Waals surface area contributed by atoms with Gasteiger partial charge < -0.3 is 9.67 Å². The summed E-state index contributed by atoms with van der Waals surface area (Å²) >= 11 is 2.32. The van der Waals surface area contributed by atoms with Crippen LogP contribution in [0.1, 0.15) is 35.9 Å². The molecule has 0 fully saturated rings. The number of aryl methyl sites for hydroxylation is 1. The van der Waals surface area contributed by atoms with Crippen LogP contribution in [0.25, 0.3) is 5.69 Å². The van der Waals surface area contributed by atoms with Crippen molar-refractivity contribution >= 4 is 22.6 Å². The molecule has 1 heterocycles. The summed E-state index contributed by atoms with van der Waals surface area (Å²) in [5.74, 6) is 0. The molecule has 1 aliphatic carbocycles. The van der Waals surface area contributed by atoms with Crippen molar-refractivity contribution in [2.24, 2.45) is 0 Å². The predicted octanol–water partition coefficient (Wildman–Crippen LogP) is 3.76. The maximum Gasteiger partial charge on any atom is 0.0807 e. The first-order chi connectivity index (χ1) is 8.66. The zero-order valence-corrected chi connectivity index (χ0v) is 12.5. The minimum Gasteiger partial charge on any atom is -0.388 e. The van der Waals surface area contributed by atoms with Crippen LogP contribution in [0.3, 0.4) is 0 Å². The van der Waals surface area contributed by atoms with E-state index in [1.54, 1.807) is 0 Å². The van der Waals surface area contributed by atoms with Gasteiger partial charge >= 0.3 is 0 Å². The molecule has 1 aromatic heterocycles. The standard InChI is InChI=1S/C15H16INO/c1-10-9-13-14(3-2-4-15(13)18)17(10)12-7-5-11(16)6-8-12/h5-9,15,18H,2-4H2,1H3. The van der Waals surface area contributed by atoms with E-state index in [4.69, 9.17) is 0 Å². The lowest BCUT2D eigenvalue weighted by molar-refractivity contribution is 0.156. The number of fused-ring (bicyclic) bond motifs is 1. The summed E-state index contributed by atoms with van der Waals surface area (Å²) in [6.07, 6.45) is 2.75. The predicted molar refractivity (Wildman–Crippen MR) is 81.1 cm³/mol. The Balaban J connectivity index is 2.15. The van der Waals surface area contributed by atoms with Crippen molar-refractivity contribution in [1.29, 1.82) is 0 Å². The fraction of sp³-hybridized carbons (Fsp3) is 0.333. The van der Waals surface area contributed by atoms with Gasteiger partial charge in [0, 0.05) is 26.2 Å². The second kappa shape index (κ2) is 4.70. The number of rotatable bonds is 1. The van der Waals surface area contributed by atoms with Crippen LogP contribution in [0.4, 0.5) is 0 Å². The molecule has 0 bridgehead atoms. The van der Waals surface area contributed by atoms with E-state index in [-0.39, 0.29) is 6.10 Å². The van der Waals surface area contributed by atoms with Crippen molar-refractivity contribution in [2.45, 2.75) is 32.3 Å². The Kier molecular flexibility index (Phi) is 3.20. The number of hydrogen-bond acceptors (Lipinski definition) is 1. The summed E-state index contributed by atoms with van der Waals surface area (Å²) in [5.41, 5.74) is 4.81. The van der Waals surface area contributed by atoms with E-state index >= 15 is 0 Å². The highest BCUT2D eigenvalue weighted by molar-refractivity contribution is 14.1. The maximum absolute atomic E-state index is 10.1. The topological polar surface area (TPSA) is 25.2 Å². The second-order valence-corrected chi connectivity index (χ2v) is 6.15. The van der Waals surface area contributed by atoms with Gasteiger partial charge in [0.2, 0.25) is 0 Å². The van der Waals surface area contributed by atoms with Crippen LogP contribution in [0.15, 0.2) is 30.3 Å². The number of halogens is 1. The molecule has 1 aliphatic rings. The van der Waals surface area contributed by atoms with Gasteiger partial charge in [-0.1, -0.05) is 0 Å². The zero-order valence-electron chi connectivity index (χ0n) is 10.4. The Morgan fingerprint density at radius 2 is 2.00 bits per heavy atom. The number of aliphatic hydroxyl groups excluding tert-OH is 1. The molecule has 1 atom stereocenters. The van der Waals surface area contributed by atoms with Gasteiger partial charge in [-0.15, -0.1) is 0 Å². The molecular weight excluding hydrogens is 337 g/mol. The molecule has 0 aliphatic heterocycles. The molecule has 0 saturated heterocycles. The molecule has 3 rings (SSSR count). The van der Waals surface area contributed by atoms with E-state index in [1.165, 1.54) is 20.6 Å². The minimum absolute atomic E-state index is 0.280. The highest BCUT2D eigenvalue weighted by Crippen LogP contribution is 2.33. The first-order valence-corrected chi connectivity index (χ1v) is 7.40. The molecule has 18 heavy (non-hydrogen) atoms. The van der Waals surface area contributed by atoms with E-state index in [2.05, 4.69) is 64.4 Å². The average molecular weight is 353 g/mol. The molecule has 0 spiro atoms. The molecule has 0 amide bonds. The third kappa shape index (κ3) is 1.99. The highest BCUT2D eigenvalue weighted by atomic mass is 127. The van der Waals surface area contributed by atoms with Crippen LogP contribution in [0.5, 0.6) is 0 Å². The molecule has 1 N–H and O–H groups in total. The zero-order chi connectivity index (χ0) is 12.7. The van der Waals surface area contributed by atoms with Crippen LogP contribution in [-0.2, 0) is 6.42 Å². The van der Waals surface area contributed by atoms with Gasteiger partial charge in [-0.25, -0.2) is 0 Å². The Morgan fingerprint density at radius 1 is 1.28 bits per heavy atom. The van der Waals surface area contributed by atoms with Gasteiger partial charge in [0.1, 0.15) is 0 Å². The highest BCUT2D eigenvalue weighted by Gasteiger charge is 2.23. The average Bonchev–Trinajstić information content (AvgIpc) is 2.69. The molecule has 2 aromatic rings. The molecular formula is C15H16INO. The van der Waals surface area contributed by atoms with Gasteiger partial charge in [0.05, 0.1) is 6.10 Å². The molecule has 0 saturated carbocycles. The Bertz CT molecular complexity index is 571. The van der Waals surface area contributed by atoms with Crippen molar-refractivity contribution in [3.63, 3.8) is 0 Å². The Morgan fingerprint density at radius 3 is 2.72 bits per heavy atom. The second-order valence-electron chi connectivity index (χ2n) is 4.91. The summed E-state index contributed by atoms with van der Waals surface area (Å²) in [5, 5.41) is 10.1. The van der Waals surface area contributed by atoms with Crippen LogP contribution < -0.4 is 0 Å². The normalized spacial score (nSPS) is 18.7. The third-order valence-electron chi connectivity index (χ3n) is 3.66. The van der Waals surface area contributed by atoms with E-state index < -0.39 is 0 Å². The molecule has 1 unspecified atom stereocenters. The Labute approximate surface area is 121 Å². The van der Waals surface area contributed by atoms with E-state index in [0.717, 1.165) is 24.8 Å². The van der Waals surface area contributed by atoms with Gasteiger partial charge in [-0.05, 0) is 79.1 Å². The van der Waals surface area contributed by atoms with Crippen LogP contribution in [0, 0.1) is 10.5 Å². The van der Waals surface area contributed by atoms with Gasteiger partial charge in [-0.3, -0.25) is 0 Å². The van der Waals surface area contributed by atoms with Crippen LogP contribution in [-0.4, -0.2) is 9.67 Å². The van der Waals surface area contributed by atoms with Crippen molar-refractivity contribution in [3.8, 4) is 5.69 Å². The van der Waals surface area contributed by atoms with Crippen LogP contribution >= 0.6 is 22.6 Å².